The predicted molar refractivity (Wildman–Crippen MR) is 81.6 cm³/mol. The molecule has 3 rings (SSSR count). The molecule has 1 aromatic carbocycles. The highest BCUT2D eigenvalue weighted by Gasteiger charge is 2.51. The molecule has 1 aliphatic rings. The lowest BCUT2D eigenvalue weighted by Crippen LogP contribution is -2.31. The van der Waals surface area contributed by atoms with Crippen LogP contribution in [0.4, 0.5) is 0 Å². The number of hydrogen-bond donors (Lipinski definition) is 0. The lowest BCUT2D eigenvalue weighted by molar-refractivity contribution is -0.149. The van der Waals surface area contributed by atoms with Crippen LogP contribution in [0.1, 0.15) is 25.6 Å². The van der Waals surface area contributed by atoms with Crippen LogP contribution in [-0.2, 0) is 14.3 Å². The van der Waals surface area contributed by atoms with E-state index in [9.17, 15) is 9.59 Å². The molecule has 0 N–H and O–H groups in total. The second-order valence-electron chi connectivity index (χ2n) is 5.82. The summed E-state index contributed by atoms with van der Waals surface area (Å²) in [5.74, 6) is -0.852. The highest BCUT2D eigenvalue weighted by Crippen LogP contribution is 2.32. The van der Waals surface area contributed by atoms with E-state index in [-0.39, 0.29) is 5.78 Å². The van der Waals surface area contributed by atoms with Crippen molar-refractivity contribution < 1.29 is 14.3 Å². The van der Waals surface area contributed by atoms with Crippen molar-refractivity contribution in [2.45, 2.75) is 32.4 Å². The Morgan fingerprint density at radius 3 is 2.41 bits per heavy atom. The molecule has 114 valence electrons. The van der Waals surface area contributed by atoms with Gasteiger partial charge < -0.3 is 4.74 Å². The average molecular weight is 319 g/mol. The Kier molecular flexibility index (Phi) is 3.33. The molecule has 0 saturated carbocycles. The molecule has 6 heteroatoms. The molecule has 0 spiro atoms. The highest BCUT2D eigenvalue weighted by atomic mass is 35.5. The minimum absolute atomic E-state index is 0.286. The molecule has 0 radical (unpaired) electrons. The van der Waals surface area contributed by atoms with Gasteiger partial charge in [-0.25, -0.2) is 9.48 Å². The standard InChI is InChI=1S/C16H15ClN2O3/c1-9-8-12(10-4-6-11(17)7-5-10)18-19(9)13-14(20)16(2,3)22-15(13)21/h4-8,13H,1-3H3. The molecule has 5 nitrogen and oxygen atoms in total. The van der Waals surface area contributed by atoms with Gasteiger partial charge in [-0.15, -0.1) is 0 Å². The highest BCUT2D eigenvalue weighted by molar-refractivity contribution is 6.30. The van der Waals surface area contributed by atoms with E-state index in [2.05, 4.69) is 5.10 Å². The van der Waals surface area contributed by atoms with Gasteiger partial charge in [0.2, 0.25) is 11.8 Å². The maximum atomic E-state index is 12.4. The van der Waals surface area contributed by atoms with Crippen LogP contribution in [-0.4, -0.2) is 27.1 Å². The predicted octanol–water partition coefficient (Wildman–Crippen LogP) is 2.96. The topological polar surface area (TPSA) is 61.2 Å². The number of ketones is 1. The van der Waals surface area contributed by atoms with Gasteiger partial charge in [-0.05, 0) is 39.0 Å². The third-order valence-electron chi connectivity index (χ3n) is 3.73. The number of aryl methyl sites for hydroxylation is 1. The van der Waals surface area contributed by atoms with E-state index >= 15 is 0 Å². The van der Waals surface area contributed by atoms with Gasteiger partial charge in [-0.2, -0.15) is 5.10 Å². The third-order valence-corrected chi connectivity index (χ3v) is 3.98. The number of benzene rings is 1. The first kappa shape index (κ1) is 14.8. The van der Waals surface area contributed by atoms with Crippen LogP contribution in [0, 0.1) is 6.92 Å². The van der Waals surface area contributed by atoms with Crippen molar-refractivity contribution in [2.24, 2.45) is 0 Å². The molecule has 0 aliphatic carbocycles. The van der Waals surface area contributed by atoms with Crippen molar-refractivity contribution in [2.75, 3.05) is 0 Å². The van der Waals surface area contributed by atoms with Crippen molar-refractivity contribution in [1.29, 1.82) is 0 Å². The zero-order chi connectivity index (χ0) is 16.1. The van der Waals surface area contributed by atoms with E-state index in [1.807, 2.05) is 18.2 Å². The number of carbonyl (C=O) groups is 2. The van der Waals surface area contributed by atoms with Crippen molar-refractivity contribution >= 4 is 23.4 Å². The van der Waals surface area contributed by atoms with E-state index in [1.165, 1.54) is 4.68 Å². The van der Waals surface area contributed by atoms with Gasteiger partial charge in [-0.3, -0.25) is 4.79 Å². The Balaban J connectivity index is 2.02. The molecule has 2 aromatic rings. The van der Waals surface area contributed by atoms with Crippen molar-refractivity contribution in [3.63, 3.8) is 0 Å². The van der Waals surface area contributed by atoms with Crippen LogP contribution in [0.2, 0.25) is 5.02 Å². The Hall–Kier alpha value is -2.14. The maximum Gasteiger partial charge on any atom is 0.339 e. The van der Waals surface area contributed by atoms with Crippen LogP contribution in [0.5, 0.6) is 0 Å². The zero-order valence-corrected chi connectivity index (χ0v) is 13.2. The van der Waals surface area contributed by atoms with E-state index < -0.39 is 17.6 Å². The van der Waals surface area contributed by atoms with Crippen LogP contribution < -0.4 is 0 Å². The fourth-order valence-electron chi connectivity index (χ4n) is 2.52. The van der Waals surface area contributed by atoms with E-state index in [0.717, 1.165) is 11.3 Å². The quantitative estimate of drug-likeness (QED) is 0.631. The summed E-state index contributed by atoms with van der Waals surface area (Å²) in [5, 5.41) is 5.05. The van der Waals surface area contributed by atoms with Crippen LogP contribution >= 0.6 is 11.6 Å². The number of Topliss-reactive ketones (excluding diaryl/α,β-unsaturated/α-hetero) is 1. The van der Waals surface area contributed by atoms with Gasteiger partial charge >= 0.3 is 5.97 Å². The van der Waals surface area contributed by atoms with E-state index in [4.69, 9.17) is 16.3 Å². The summed E-state index contributed by atoms with van der Waals surface area (Å²) in [7, 11) is 0. The summed E-state index contributed by atoms with van der Waals surface area (Å²) in [6.07, 6.45) is 0. The normalized spacial score (nSPS) is 20.3. The average Bonchev–Trinajstić information content (AvgIpc) is 2.89. The first-order valence-corrected chi connectivity index (χ1v) is 7.26. The van der Waals surface area contributed by atoms with E-state index in [1.54, 1.807) is 32.9 Å². The molecule has 1 unspecified atom stereocenters. The molecular formula is C16H15ClN2O3. The maximum absolute atomic E-state index is 12.4. The van der Waals surface area contributed by atoms with Crippen LogP contribution in [0.3, 0.4) is 0 Å². The summed E-state index contributed by atoms with van der Waals surface area (Å²) in [6.45, 7) is 4.98. The molecule has 2 heterocycles. The number of rotatable bonds is 2. The zero-order valence-electron chi connectivity index (χ0n) is 12.5. The van der Waals surface area contributed by atoms with Gasteiger partial charge in [0, 0.05) is 16.3 Å². The van der Waals surface area contributed by atoms with Crippen molar-refractivity contribution in [3.05, 3.63) is 41.0 Å². The lowest BCUT2D eigenvalue weighted by atomic mass is 10.0. The summed E-state index contributed by atoms with van der Waals surface area (Å²) in [5.41, 5.74) is 1.15. The number of halogens is 1. The minimum atomic E-state index is -1.11. The van der Waals surface area contributed by atoms with Gasteiger partial charge in [0.25, 0.3) is 0 Å². The second-order valence-corrected chi connectivity index (χ2v) is 6.26. The number of esters is 1. The fourth-order valence-corrected chi connectivity index (χ4v) is 2.64. The number of ether oxygens (including phenoxy) is 1. The molecule has 1 saturated heterocycles. The molecule has 1 fully saturated rings. The molecule has 1 aromatic heterocycles. The SMILES string of the molecule is Cc1cc(-c2ccc(Cl)cc2)nn1C1C(=O)OC(C)(C)C1=O. The molecule has 0 amide bonds. The first-order chi connectivity index (χ1) is 10.3. The third kappa shape index (κ3) is 2.31. The number of cyclic esters (lactones) is 1. The van der Waals surface area contributed by atoms with Gasteiger partial charge in [0.1, 0.15) is 0 Å². The van der Waals surface area contributed by atoms with Crippen molar-refractivity contribution in [1.82, 2.24) is 9.78 Å². The smallest absolute Gasteiger partial charge is 0.339 e. The number of carbonyl (C=O) groups excluding carboxylic acids is 2. The number of aromatic nitrogens is 2. The van der Waals surface area contributed by atoms with Crippen LogP contribution in [0.15, 0.2) is 30.3 Å². The largest absolute Gasteiger partial charge is 0.450 e. The fraction of sp³-hybridized carbons (Fsp3) is 0.312. The van der Waals surface area contributed by atoms with Crippen molar-refractivity contribution in [3.8, 4) is 11.3 Å². The Labute approximate surface area is 132 Å². The number of hydrogen-bond acceptors (Lipinski definition) is 4. The number of nitrogens with zero attached hydrogens (tertiary/aromatic N) is 2. The summed E-state index contributed by atoms with van der Waals surface area (Å²) in [4.78, 5) is 24.4. The van der Waals surface area contributed by atoms with Crippen LogP contribution in [0.25, 0.3) is 11.3 Å². The Morgan fingerprint density at radius 2 is 1.86 bits per heavy atom. The molecular weight excluding hydrogens is 304 g/mol. The Bertz CT molecular complexity index is 762. The first-order valence-electron chi connectivity index (χ1n) is 6.89. The summed E-state index contributed by atoms with van der Waals surface area (Å²) < 4.78 is 6.58. The lowest BCUT2D eigenvalue weighted by Gasteiger charge is -2.13. The monoisotopic (exact) mass is 318 g/mol. The van der Waals surface area contributed by atoms with Gasteiger partial charge in [0.15, 0.2) is 5.60 Å². The minimum Gasteiger partial charge on any atom is -0.450 e. The van der Waals surface area contributed by atoms with Gasteiger partial charge in [0.05, 0.1) is 5.69 Å². The second kappa shape index (κ2) is 4.95. The summed E-state index contributed by atoms with van der Waals surface area (Å²) >= 11 is 5.88. The van der Waals surface area contributed by atoms with Gasteiger partial charge in [-0.1, -0.05) is 23.7 Å². The Morgan fingerprint density at radius 1 is 1.23 bits per heavy atom. The summed E-state index contributed by atoms with van der Waals surface area (Å²) in [6, 6.07) is 8.03. The van der Waals surface area contributed by atoms with E-state index in [0.29, 0.717) is 10.7 Å². The molecule has 0 bridgehead atoms. The molecule has 1 aliphatic heterocycles. The molecule has 22 heavy (non-hydrogen) atoms. The molecule has 1 atom stereocenters.